The van der Waals surface area contributed by atoms with E-state index in [0.29, 0.717) is 22.6 Å². The maximum atomic E-state index is 12.9. The van der Waals surface area contributed by atoms with E-state index in [1.807, 2.05) is 54.6 Å². The predicted octanol–water partition coefficient (Wildman–Crippen LogP) is 7.49. The number of hydrogen-bond donors (Lipinski definition) is 0. The molecular weight excluding hydrogens is 448 g/mol. The van der Waals surface area contributed by atoms with E-state index < -0.39 is 5.97 Å². The van der Waals surface area contributed by atoms with Crippen molar-refractivity contribution in [2.24, 2.45) is 0 Å². The normalized spacial score (nSPS) is 13.9. The fourth-order valence-electron chi connectivity index (χ4n) is 4.06. The second-order valence-corrected chi connectivity index (χ2v) is 9.80. The summed E-state index contributed by atoms with van der Waals surface area (Å²) in [6, 6.07) is 30.2. The van der Waals surface area contributed by atoms with Crippen LogP contribution in [0.3, 0.4) is 0 Å². The van der Waals surface area contributed by atoms with Crippen LogP contribution in [-0.4, -0.2) is 11.8 Å². The van der Waals surface area contributed by atoms with Crippen molar-refractivity contribution in [2.45, 2.75) is 26.2 Å². The highest BCUT2D eigenvalue weighted by atomic mass is 16.5. The van der Waals surface area contributed by atoms with Crippen molar-refractivity contribution in [3.05, 3.63) is 125 Å². The van der Waals surface area contributed by atoms with Crippen molar-refractivity contribution < 1.29 is 19.1 Å². The van der Waals surface area contributed by atoms with Gasteiger partial charge >= 0.3 is 5.97 Å². The summed E-state index contributed by atoms with van der Waals surface area (Å²) in [6.07, 6.45) is 1.72. The van der Waals surface area contributed by atoms with E-state index in [9.17, 15) is 9.59 Å². The molecular formula is C32H26O4. The maximum Gasteiger partial charge on any atom is 0.343 e. The highest BCUT2D eigenvalue weighted by molar-refractivity contribution is 6.14. The van der Waals surface area contributed by atoms with Crippen molar-refractivity contribution in [3.63, 3.8) is 0 Å². The molecule has 1 aliphatic rings. The summed E-state index contributed by atoms with van der Waals surface area (Å²) < 4.78 is 11.4. The van der Waals surface area contributed by atoms with Gasteiger partial charge in [-0.3, -0.25) is 4.79 Å². The molecule has 0 saturated heterocycles. The summed E-state index contributed by atoms with van der Waals surface area (Å²) in [5, 5.41) is 0. The van der Waals surface area contributed by atoms with Crippen molar-refractivity contribution >= 4 is 17.8 Å². The van der Waals surface area contributed by atoms with Gasteiger partial charge in [0, 0.05) is 6.07 Å². The van der Waals surface area contributed by atoms with Crippen LogP contribution in [0.15, 0.2) is 103 Å². The SMILES string of the molecule is CC(C)(C)c1ccc(C(=O)Oc2ccc3c(c2)O/C(=C\c2ccc(-c4ccccc4)cc2)C3=O)cc1. The van der Waals surface area contributed by atoms with Gasteiger partial charge in [-0.15, -0.1) is 0 Å². The van der Waals surface area contributed by atoms with Crippen LogP contribution in [0, 0.1) is 0 Å². The molecule has 4 aromatic carbocycles. The van der Waals surface area contributed by atoms with Gasteiger partial charge in [0.25, 0.3) is 0 Å². The summed E-state index contributed by atoms with van der Waals surface area (Å²) in [5.74, 6) is 0.265. The van der Waals surface area contributed by atoms with E-state index >= 15 is 0 Å². The van der Waals surface area contributed by atoms with Crippen LogP contribution in [0.25, 0.3) is 17.2 Å². The Kier molecular flexibility index (Phi) is 6.03. The monoisotopic (exact) mass is 474 g/mol. The molecule has 1 heterocycles. The number of benzene rings is 4. The number of ether oxygens (including phenoxy) is 2. The summed E-state index contributed by atoms with van der Waals surface area (Å²) in [5.41, 5.74) is 5.12. The van der Waals surface area contributed by atoms with E-state index in [1.54, 1.807) is 36.4 Å². The molecule has 0 radical (unpaired) electrons. The smallest absolute Gasteiger partial charge is 0.343 e. The van der Waals surface area contributed by atoms with Gasteiger partial charge in [0.15, 0.2) is 5.76 Å². The first kappa shape index (κ1) is 23.3. The van der Waals surface area contributed by atoms with Crippen LogP contribution in [0.2, 0.25) is 0 Å². The summed E-state index contributed by atoms with van der Waals surface area (Å²) in [7, 11) is 0. The molecule has 0 N–H and O–H groups in total. The third kappa shape index (κ3) is 4.84. The van der Waals surface area contributed by atoms with E-state index in [0.717, 1.165) is 22.3 Å². The molecule has 0 bridgehead atoms. The first-order chi connectivity index (χ1) is 17.3. The quantitative estimate of drug-likeness (QED) is 0.175. The molecule has 0 spiro atoms. The number of esters is 1. The molecule has 0 amide bonds. The van der Waals surface area contributed by atoms with Crippen LogP contribution < -0.4 is 9.47 Å². The maximum absolute atomic E-state index is 12.9. The minimum atomic E-state index is -0.464. The standard InChI is InChI=1S/C32H26O4/c1-32(2,3)25-15-13-24(14-16-25)31(34)35-26-17-18-27-28(20-26)36-29(30(27)33)19-21-9-11-23(12-10-21)22-7-5-4-6-8-22/h4-20H,1-3H3/b29-19-. The molecule has 178 valence electrons. The van der Waals surface area contributed by atoms with E-state index in [2.05, 4.69) is 32.9 Å². The fourth-order valence-corrected chi connectivity index (χ4v) is 4.06. The Morgan fingerprint density at radius 1 is 0.806 bits per heavy atom. The average Bonchev–Trinajstić information content (AvgIpc) is 3.18. The van der Waals surface area contributed by atoms with Gasteiger partial charge < -0.3 is 9.47 Å². The number of allylic oxidation sites excluding steroid dienone is 1. The van der Waals surface area contributed by atoms with Gasteiger partial charge in [-0.05, 0) is 58.0 Å². The molecule has 0 unspecified atom stereocenters. The Bertz CT molecular complexity index is 1460. The van der Waals surface area contributed by atoms with Gasteiger partial charge in [0.2, 0.25) is 5.78 Å². The second-order valence-electron chi connectivity index (χ2n) is 9.80. The van der Waals surface area contributed by atoms with Crippen LogP contribution in [0.1, 0.15) is 52.6 Å². The number of rotatable bonds is 4. The van der Waals surface area contributed by atoms with Gasteiger partial charge in [-0.25, -0.2) is 4.79 Å². The molecule has 4 aromatic rings. The average molecular weight is 475 g/mol. The minimum absolute atomic E-state index is 0.00144. The molecule has 4 nitrogen and oxygen atoms in total. The Morgan fingerprint density at radius 2 is 1.47 bits per heavy atom. The van der Waals surface area contributed by atoms with Crippen LogP contribution in [0.4, 0.5) is 0 Å². The second kappa shape index (κ2) is 9.31. The van der Waals surface area contributed by atoms with E-state index in [-0.39, 0.29) is 17.0 Å². The number of carbonyl (C=O) groups excluding carboxylic acids is 2. The van der Waals surface area contributed by atoms with Crippen LogP contribution in [0.5, 0.6) is 11.5 Å². The Hall–Kier alpha value is -4.44. The third-order valence-electron chi connectivity index (χ3n) is 6.15. The molecule has 0 fully saturated rings. The highest BCUT2D eigenvalue weighted by Crippen LogP contribution is 2.35. The van der Waals surface area contributed by atoms with Gasteiger partial charge in [0.1, 0.15) is 11.5 Å². The number of carbonyl (C=O) groups is 2. The lowest BCUT2D eigenvalue weighted by Gasteiger charge is -2.18. The van der Waals surface area contributed by atoms with E-state index in [1.165, 1.54) is 0 Å². The minimum Gasteiger partial charge on any atom is -0.452 e. The molecule has 4 heteroatoms. The first-order valence-electron chi connectivity index (χ1n) is 11.8. The molecule has 36 heavy (non-hydrogen) atoms. The number of hydrogen-bond acceptors (Lipinski definition) is 4. The molecule has 0 aromatic heterocycles. The zero-order valence-corrected chi connectivity index (χ0v) is 20.4. The van der Waals surface area contributed by atoms with Crippen molar-refractivity contribution in [3.8, 4) is 22.6 Å². The molecule has 0 atom stereocenters. The topological polar surface area (TPSA) is 52.6 Å². The van der Waals surface area contributed by atoms with Crippen molar-refractivity contribution in [2.75, 3.05) is 0 Å². The zero-order chi connectivity index (χ0) is 25.3. The largest absolute Gasteiger partial charge is 0.452 e. The van der Waals surface area contributed by atoms with E-state index in [4.69, 9.17) is 9.47 Å². The molecule has 1 aliphatic heterocycles. The Labute approximate surface area is 210 Å². The Balaban J connectivity index is 1.30. The lowest BCUT2D eigenvalue weighted by Crippen LogP contribution is -2.12. The number of ketones is 1. The number of Topliss-reactive ketones (excluding diaryl/α,β-unsaturated/α-hetero) is 1. The summed E-state index contributed by atoms with van der Waals surface area (Å²) in [4.78, 5) is 25.5. The van der Waals surface area contributed by atoms with Gasteiger partial charge in [-0.1, -0.05) is 87.5 Å². The van der Waals surface area contributed by atoms with Crippen molar-refractivity contribution in [1.29, 1.82) is 0 Å². The van der Waals surface area contributed by atoms with Crippen molar-refractivity contribution in [1.82, 2.24) is 0 Å². The van der Waals surface area contributed by atoms with Crippen LogP contribution >= 0.6 is 0 Å². The highest BCUT2D eigenvalue weighted by Gasteiger charge is 2.28. The lowest BCUT2D eigenvalue weighted by molar-refractivity contribution is 0.0734. The van der Waals surface area contributed by atoms with Crippen LogP contribution in [-0.2, 0) is 5.41 Å². The summed E-state index contributed by atoms with van der Waals surface area (Å²) >= 11 is 0. The fraction of sp³-hybridized carbons (Fsp3) is 0.125. The summed E-state index contributed by atoms with van der Waals surface area (Å²) in [6.45, 7) is 6.36. The predicted molar refractivity (Wildman–Crippen MR) is 141 cm³/mol. The number of fused-ring (bicyclic) bond motifs is 1. The Morgan fingerprint density at radius 3 is 2.14 bits per heavy atom. The molecule has 0 aliphatic carbocycles. The third-order valence-corrected chi connectivity index (χ3v) is 6.15. The van der Waals surface area contributed by atoms with Gasteiger partial charge in [0.05, 0.1) is 11.1 Å². The lowest BCUT2D eigenvalue weighted by atomic mass is 9.87. The zero-order valence-electron chi connectivity index (χ0n) is 20.4. The molecule has 5 rings (SSSR count). The van der Waals surface area contributed by atoms with Gasteiger partial charge in [-0.2, -0.15) is 0 Å². The first-order valence-corrected chi connectivity index (χ1v) is 11.8. The molecule has 0 saturated carbocycles.